The molecule has 0 aliphatic carbocycles. The SMILES string of the molecule is Cc1cc(N(c2ccccc2)c2cc3ccc4cccc5oc(c2)c3c45)c2ccc3c(C)cc(N(c4ccc5ccccc5c4)c4ccccc4-c4ccccc4)c4ccc1c2c34. The van der Waals surface area contributed by atoms with E-state index >= 15 is 0 Å². The Bertz CT molecular complexity index is 3890. The number of aryl methyl sites for hydroxylation is 2. The molecule has 0 aliphatic heterocycles. The lowest BCUT2D eigenvalue weighted by Crippen LogP contribution is -2.13. The molecular weight excluding hydrogens is 765 g/mol. The minimum atomic E-state index is 0.898. The summed E-state index contributed by atoms with van der Waals surface area (Å²) in [5.74, 6) is 0. The molecule has 0 bridgehead atoms. The normalized spacial score (nSPS) is 12.0. The molecule has 63 heavy (non-hydrogen) atoms. The summed E-state index contributed by atoms with van der Waals surface area (Å²) in [5.41, 5.74) is 13.3. The molecule has 0 atom stereocenters. The molecule has 1 aromatic heterocycles. The van der Waals surface area contributed by atoms with E-state index in [4.69, 9.17) is 4.42 Å². The summed E-state index contributed by atoms with van der Waals surface area (Å²) in [6.45, 7) is 4.54. The van der Waals surface area contributed by atoms with Gasteiger partial charge in [-0.1, -0.05) is 146 Å². The van der Waals surface area contributed by atoms with Crippen LogP contribution in [0.15, 0.2) is 211 Å². The predicted molar refractivity (Wildman–Crippen MR) is 268 cm³/mol. The topological polar surface area (TPSA) is 19.6 Å². The number of hydrogen-bond acceptors (Lipinski definition) is 3. The van der Waals surface area contributed by atoms with E-state index in [1.165, 1.54) is 86.9 Å². The van der Waals surface area contributed by atoms with Gasteiger partial charge in [-0.2, -0.15) is 0 Å². The van der Waals surface area contributed by atoms with E-state index < -0.39 is 0 Å². The van der Waals surface area contributed by atoms with Gasteiger partial charge in [0.05, 0.1) is 22.7 Å². The fourth-order valence-corrected chi connectivity index (χ4v) is 10.5. The van der Waals surface area contributed by atoms with Crippen molar-refractivity contribution in [2.24, 2.45) is 0 Å². The third kappa shape index (κ3) is 5.39. The van der Waals surface area contributed by atoms with Gasteiger partial charge in [-0.15, -0.1) is 0 Å². The maximum Gasteiger partial charge on any atom is 0.138 e. The van der Waals surface area contributed by atoms with Crippen LogP contribution in [0.1, 0.15) is 11.1 Å². The fraction of sp³-hybridized carbons (Fsp3) is 0.0333. The van der Waals surface area contributed by atoms with Crippen LogP contribution >= 0.6 is 0 Å². The van der Waals surface area contributed by atoms with Gasteiger partial charge in [-0.3, -0.25) is 0 Å². The monoisotopic (exact) mass is 804 g/mol. The van der Waals surface area contributed by atoms with Crippen LogP contribution in [0.4, 0.5) is 34.1 Å². The summed E-state index contributed by atoms with van der Waals surface area (Å²) in [6.07, 6.45) is 0. The first-order chi connectivity index (χ1) is 31.1. The highest BCUT2D eigenvalue weighted by Crippen LogP contribution is 2.51. The Labute approximate surface area is 364 Å². The number of para-hydroxylation sites is 2. The van der Waals surface area contributed by atoms with E-state index in [1.54, 1.807) is 0 Å². The highest BCUT2D eigenvalue weighted by atomic mass is 16.3. The van der Waals surface area contributed by atoms with Crippen molar-refractivity contribution in [2.45, 2.75) is 13.8 Å². The molecule has 0 amide bonds. The highest BCUT2D eigenvalue weighted by molar-refractivity contribution is 6.30. The van der Waals surface area contributed by atoms with Crippen molar-refractivity contribution in [2.75, 3.05) is 9.80 Å². The van der Waals surface area contributed by atoms with E-state index in [-0.39, 0.29) is 0 Å². The van der Waals surface area contributed by atoms with E-state index in [9.17, 15) is 0 Å². The van der Waals surface area contributed by atoms with Gasteiger partial charge in [-0.05, 0) is 128 Å². The first-order valence-electron chi connectivity index (χ1n) is 21.7. The van der Waals surface area contributed by atoms with Crippen molar-refractivity contribution in [3.63, 3.8) is 0 Å². The molecule has 13 aromatic rings. The Morgan fingerprint density at radius 3 is 1.65 bits per heavy atom. The molecule has 0 aliphatic rings. The number of fused-ring (bicyclic) bond motifs is 1. The second kappa shape index (κ2) is 13.7. The van der Waals surface area contributed by atoms with Crippen LogP contribution in [-0.2, 0) is 0 Å². The lowest BCUT2D eigenvalue weighted by atomic mass is 9.88. The van der Waals surface area contributed by atoms with E-state index in [2.05, 4.69) is 230 Å². The molecule has 0 spiro atoms. The van der Waals surface area contributed by atoms with Crippen molar-refractivity contribution < 1.29 is 4.42 Å². The number of rotatable bonds is 7. The Hall–Kier alpha value is -8.14. The summed E-state index contributed by atoms with van der Waals surface area (Å²) in [5, 5.41) is 14.7. The van der Waals surface area contributed by atoms with Gasteiger partial charge >= 0.3 is 0 Å². The molecule has 13 rings (SSSR count). The van der Waals surface area contributed by atoms with Crippen molar-refractivity contribution >= 4 is 110 Å². The maximum absolute atomic E-state index is 6.63. The highest BCUT2D eigenvalue weighted by Gasteiger charge is 2.26. The summed E-state index contributed by atoms with van der Waals surface area (Å²) in [6, 6.07) is 75.4. The molecule has 0 N–H and O–H groups in total. The number of anilines is 6. The summed E-state index contributed by atoms with van der Waals surface area (Å²) < 4.78 is 6.63. The van der Waals surface area contributed by atoms with Gasteiger partial charge in [0.2, 0.25) is 0 Å². The first-order valence-corrected chi connectivity index (χ1v) is 21.7. The van der Waals surface area contributed by atoms with Crippen LogP contribution < -0.4 is 9.80 Å². The molecule has 0 radical (unpaired) electrons. The Morgan fingerprint density at radius 2 is 0.889 bits per heavy atom. The zero-order valence-corrected chi connectivity index (χ0v) is 34.9. The largest absolute Gasteiger partial charge is 0.456 e. The van der Waals surface area contributed by atoms with Crippen molar-refractivity contribution in [3.8, 4) is 11.1 Å². The van der Waals surface area contributed by atoms with Crippen LogP contribution in [-0.4, -0.2) is 0 Å². The second-order valence-electron chi connectivity index (χ2n) is 17.0. The average molecular weight is 805 g/mol. The van der Waals surface area contributed by atoms with Gasteiger partial charge in [0.1, 0.15) is 11.2 Å². The van der Waals surface area contributed by atoms with Gasteiger partial charge in [0.25, 0.3) is 0 Å². The number of hydrogen-bond donors (Lipinski definition) is 0. The average Bonchev–Trinajstić information content (AvgIpc) is 3.72. The van der Waals surface area contributed by atoms with Crippen LogP contribution in [0.3, 0.4) is 0 Å². The van der Waals surface area contributed by atoms with Crippen LogP contribution in [0.2, 0.25) is 0 Å². The van der Waals surface area contributed by atoms with Gasteiger partial charge in [0.15, 0.2) is 0 Å². The van der Waals surface area contributed by atoms with Gasteiger partial charge in [-0.25, -0.2) is 0 Å². The Balaban J connectivity index is 1.10. The minimum Gasteiger partial charge on any atom is -0.456 e. The summed E-state index contributed by atoms with van der Waals surface area (Å²) in [4.78, 5) is 4.92. The predicted octanol–water partition coefficient (Wildman–Crippen LogP) is 17.5. The molecule has 0 saturated carbocycles. The quantitative estimate of drug-likeness (QED) is 0.150. The molecule has 3 nitrogen and oxygen atoms in total. The molecule has 12 aromatic carbocycles. The number of benzene rings is 12. The first kappa shape index (κ1) is 35.6. The third-order valence-electron chi connectivity index (χ3n) is 13.3. The number of furan rings is 1. The van der Waals surface area contributed by atoms with Gasteiger partial charge in [0, 0.05) is 44.5 Å². The van der Waals surface area contributed by atoms with Crippen molar-refractivity contribution in [3.05, 3.63) is 217 Å². The van der Waals surface area contributed by atoms with Gasteiger partial charge < -0.3 is 14.2 Å². The molecule has 296 valence electrons. The van der Waals surface area contributed by atoms with Crippen molar-refractivity contribution in [1.29, 1.82) is 0 Å². The van der Waals surface area contributed by atoms with E-state index in [0.717, 1.165) is 45.3 Å². The summed E-state index contributed by atoms with van der Waals surface area (Å²) in [7, 11) is 0. The lowest BCUT2D eigenvalue weighted by molar-refractivity contribution is 0.669. The van der Waals surface area contributed by atoms with E-state index in [0.29, 0.717) is 0 Å². The standard InChI is InChI=1S/C60H40N2O/c1-37-32-53(61(44-19-7-4-8-20-44)46-35-43-25-24-41-18-13-23-55-57(41)58(43)56(36-46)63-55)50-30-28-48-38(2)33-54(51-31-29-47(37)59(50)60(48)51)62(45-27-26-39-14-9-10-17-42(39)34-45)52-22-12-11-21-49(52)40-15-5-3-6-16-40/h3-36H,1-2H3. The molecule has 0 unspecified atom stereocenters. The third-order valence-corrected chi connectivity index (χ3v) is 13.3. The molecular formula is C60H40N2O. The van der Waals surface area contributed by atoms with Crippen molar-refractivity contribution in [1.82, 2.24) is 0 Å². The van der Waals surface area contributed by atoms with Crippen LogP contribution in [0.5, 0.6) is 0 Å². The Morgan fingerprint density at radius 1 is 0.317 bits per heavy atom. The van der Waals surface area contributed by atoms with Crippen LogP contribution in [0, 0.1) is 13.8 Å². The zero-order chi connectivity index (χ0) is 41.8. The molecule has 0 fully saturated rings. The Kier molecular flexibility index (Phi) is 7.73. The maximum atomic E-state index is 6.63. The smallest absolute Gasteiger partial charge is 0.138 e. The number of nitrogens with zero attached hydrogens (tertiary/aromatic N) is 2. The molecule has 3 heteroatoms. The zero-order valence-electron chi connectivity index (χ0n) is 34.9. The molecule has 0 saturated heterocycles. The summed E-state index contributed by atoms with van der Waals surface area (Å²) >= 11 is 0. The lowest BCUT2D eigenvalue weighted by Gasteiger charge is -2.31. The van der Waals surface area contributed by atoms with E-state index in [1.807, 2.05) is 0 Å². The molecule has 1 heterocycles. The minimum absolute atomic E-state index is 0.898. The second-order valence-corrected chi connectivity index (χ2v) is 17.0. The fourth-order valence-electron chi connectivity index (χ4n) is 10.5. The van der Waals surface area contributed by atoms with Crippen LogP contribution in [0.25, 0.3) is 86.9 Å².